The first-order valence-corrected chi connectivity index (χ1v) is 6.31. The Hall–Kier alpha value is -1.55. The van der Waals surface area contributed by atoms with Gasteiger partial charge in [-0.05, 0) is 31.2 Å². The van der Waals surface area contributed by atoms with Crippen LogP contribution in [0.2, 0.25) is 0 Å². The monoisotopic (exact) mass is 250 g/mol. The Morgan fingerprint density at radius 1 is 1.44 bits per heavy atom. The van der Waals surface area contributed by atoms with E-state index in [2.05, 4.69) is 10.6 Å². The quantitative estimate of drug-likeness (QED) is 0.726. The van der Waals surface area contributed by atoms with Gasteiger partial charge in [0, 0.05) is 13.0 Å². The molecule has 0 fully saturated rings. The van der Waals surface area contributed by atoms with Crippen LogP contribution in [-0.4, -0.2) is 26.1 Å². The average molecular weight is 250 g/mol. The number of hydrogen-bond donors (Lipinski definition) is 2. The van der Waals surface area contributed by atoms with Gasteiger partial charge in [-0.3, -0.25) is 4.79 Å². The summed E-state index contributed by atoms with van der Waals surface area (Å²) >= 11 is 0. The van der Waals surface area contributed by atoms with Gasteiger partial charge in [-0.15, -0.1) is 0 Å². The van der Waals surface area contributed by atoms with E-state index < -0.39 is 0 Å². The molecule has 1 rings (SSSR count). The van der Waals surface area contributed by atoms with Crippen molar-refractivity contribution in [3.63, 3.8) is 0 Å². The van der Waals surface area contributed by atoms with Crippen LogP contribution in [0, 0.1) is 0 Å². The van der Waals surface area contributed by atoms with Gasteiger partial charge in [-0.2, -0.15) is 0 Å². The van der Waals surface area contributed by atoms with Crippen LogP contribution in [0.1, 0.15) is 31.9 Å². The highest BCUT2D eigenvalue weighted by Crippen LogP contribution is 2.18. The molecule has 0 heterocycles. The van der Waals surface area contributed by atoms with Gasteiger partial charge in [0.1, 0.15) is 5.75 Å². The lowest BCUT2D eigenvalue weighted by Crippen LogP contribution is -2.29. The van der Waals surface area contributed by atoms with E-state index in [1.807, 2.05) is 38.1 Å². The number of carbonyl (C=O) groups excluding carboxylic acids is 1. The smallest absolute Gasteiger partial charge is 0.221 e. The van der Waals surface area contributed by atoms with Crippen molar-refractivity contribution in [2.75, 3.05) is 20.2 Å². The molecule has 4 heteroatoms. The number of amides is 1. The van der Waals surface area contributed by atoms with Crippen LogP contribution < -0.4 is 15.4 Å². The SMILES string of the molecule is CCNCCC(=O)N[C@H](C)c1cccc(OC)c1. The van der Waals surface area contributed by atoms with E-state index in [0.29, 0.717) is 13.0 Å². The Morgan fingerprint density at radius 3 is 2.89 bits per heavy atom. The Labute approximate surface area is 109 Å². The zero-order valence-corrected chi connectivity index (χ0v) is 11.3. The molecule has 0 bridgehead atoms. The lowest BCUT2D eigenvalue weighted by atomic mass is 10.1. The molecule has 18 heavy (non-hydrogen) atoms. The van der Waals surface area contributed by atoms with Crippen molar-refractivity contribution in [3.05, 3.63) is 29.8 Å². The molecule has 0 aromatic heterocycles. The summed E-state index contributed by atoms with van der Waals surface area (Å²) in [5, 5.41) is 6.10. The molecule has 1 aromatic rings. The van der Waals surface area contributed by atoms with E-state index in [1.165, 1.54) is 0 Å². The summed E-state index contributed by atoms with van der Waals surface area (Å²) in [5.74, 6) is 0.868. The Morgan fingerprint density at radius 2 is 2.22 bits per heavy atom. The molecule has 2 N–H and O–H groups in total. The van der Waals surface area contributed by atoms with Crippen LogP contribution >= 0.6 is 0 Å². The van der Waals surface area contributed by atoms with Crippen LogP contribution in [0.3, 0.4) is 0 Å². The molecule has 0 saturated heterocycles. The highest BCUT2D eigenvalue weighted by Gasteiger charge is 2.09. The molecule has 0 aliphatic heterocycles. The van der Waals surface area contributed by atoms with Crippen LogP contribution in [0.4, 0.5) is 0 Å². The standard InChI is InChI=1S/C14H22N2O2/c1-4-15-9-8-14(17)16-11(2)12-6-5-7-13(10-12)18-3/h5-7,10-11,15H,4,8-9H2,1-3H3,(H,16,17)/t11-/m1/s1. The molecule has 0 radical (unpaired) electrons. The van der Waals surface area contributed by atoms with Gasteiger partial charge in [-0.25, -0.2) is 0 Å². The second-order valence-electron chi connectivity index (χ2n) is 4.17. The number of hydrogen-bond acceptors (Lipinski definition) is 3. The largest absolute Gasteiger partial charge is 0.497 e. The Bertz CT molecular complexity index is 380. The molecule has 0 saturated carbocycles. The number of methoxy groups -OCH3 is 1. The molecule has 1 atom stereocenters. The Balaban J connectivity index is 2.48. The van der Waals surface area contributed by atoms with Gasteiger partial charge < -0.3 is 15.4 Å². The zero-order valence-electron chi connectivity index (χ0n) is 11.3. The number of benzene rings is 1. The minimum Gasteiger partial charge on any atom is -0.497 e. The van der Waals surface area contributed by atoms with Gasteiger partial charge in [-0.1, -0.05) is 19.1 Å². The van der Waals surface area contributed by atoms with Gasteiger partial charge in [0.2, 0.25) is 5.91 Å². The summed E-state index contributed by atoms with van der Waals surface area (Å²) in [6, 6.07) is 7.74. The molecule has 1 amide bonds. The number of nitrogens with one attached hydrogen (secondary N) is 2. The van der Waals surface area contributed by atoms with Crippen molar-refractivity contribution in [2.45, 2.75) is 26.3 Å². The fourth-order valence-corrected chi connectivity index (χ4v) is 1.69. The second kappa shape index (κ2) is 7.71. The van der Waals surface area contributed by atoms with E-state index in [-0.39, 0.29) is 11.9 Å². The summed E-state index contributed by atoms with van der Waals surface area (Å²) in [4.78, 5) is 11.7. The third kappa shape index (κ3) is 4.75. The van der Waals surface area contributed by atoms with E-state index >= 15 is 0 Å². The highest BCUT2D eigenvalue weighted by atomic mass is 16.5. The van der Waals surface area contributed by atoms with Crippen LogP contribution in [0.15, 0.2) is 24.3 Å². The van der Waals surface area contributed by atoms with Crippen molar-refractivity contribution in [3.8, 4) is 5.75 Å². The first-order chi connectivity index (χ1) is 8.67. The summed E-state index contributed by atoms with van der Waals surface area (Å²) in [6.07, 6.45) is 0.502. The molecule has 1 aromatic carbocycles. The minimum absolute atomic E-state index is 0.00535. The van der Waals surface area contributed by atoms with Gasteiger partial charge in [0.05, 0.1) is 13.2 Å². The first-order valence-electron chi connectivity index (χ1n) is 6.31. The third-order valence-corrected chi connectivity index (χ3v) is 2.75. The van der Waals surface area contributed by atoms with Gasteiger partial charge >= 0.3 is 0 Å². The topological polar surface area (TPSA) is 50.4 Å². The molecular weight excluding hydrogens is 228 g/mol. The lowest BCUT2D eigenvalue weighted by Gasteiger charge is -2.15. The molecule has 0 aliphatic carbocycles. The maximum absolute atomic E-state index is 11.7. The molecule has 0 aliphatic rings. The van der Waals surface area contributed by atoms with E-state index in [0.717, 1.165) is 17.9 Å². The van der Waals surface area contributed by atoms with E-state index in [1.54, 1.807) is 7.11 Å². The molecular formula is C14H22N2O2. The van der Waals surface area contributed by atoms with Gasteiger partial charge in [0.25, 0.3) is 0 Å². The third-order valence-electron chi connectivity index (χ3n) is 2.75. The second-order valence-corrected chi connectivity index (χ2v) is 4.17. The van der Waals surface area contributed by atoms with Crippen LogP contribution in [0.5, 0.6) is 5.75 Å². The summed E-state index contributed by atoms with van der Waals surface area (Å²) < 4.78 is 5.17. The minimum atomic E-state index is -0.00535. The van der Waals surface area contributed by atoms with E-state index in [4.69, 9.17) is 4.74 Å². The first kappa shape index (κ1) is 14.5. The molecule has 100 valence electrons. The average Bonchev–Trinajstić information content (AvgIpc) is 2.39. The zero-order chi connectivity index (χ0) is 13.4. The number of carbonyl (C=O) groups is 1. The summed E-state index contributed by atoms with van der Waals surface area (Å²) in [6.45, 7) is 5.60. The molecule has 0 unspecified atom stereocenters. The maximum Gasteiger partial charge on any atom is 0.221 e. The van der Waals surface area contributed by atoms with Crippen LogP contribution in [0.25, 0.3) is 0 Å². The normalized spacial score (nSPS) is 11.9. The van der Waals surface area contributed by atoms with Crippen molar-refractivity contribution in [1.29, 1.82) is 0 Å². The maximum atomic E-state index is 11.7. The fourth-order valence-electron chi connectivity index (χ4n) is 1.69. The fraction of sp³-hybridized carbons (Fsp3) is 0.500. The van der Waals surface area contributed by atoms with Gasteiger partial charge in [0.15, 0.2) is 0 Å². The highest BCUT2D eigenvalue weighted by molar-refractivity contribution is 5.76. The predicted molar refractivity (Wildman–Crippen MR) is 72.7 cm³/mol. The van der Waals surface area contributed by atoms with Crippen LogP contribution in [-0.2, 0) is 4.79 Å². The molecule has 4 nitrogen and oxygen atoms in total. The number of rotatable bonds is 7. The molecule has 0 spiro atoms. The van der Waals surface area contributed by atoms with Crippen molar-refractivity contribution < 1.29 is 9.53 Å². The Kier molecular flexibility index (Phi) is 6.22. The van der Waals surface area contributed by atoms with Crippen molar-refractivity contribution in [1.82, 2.24) is 10.6 Å². The summed E-state index contributed by atoms with van der Waals surface area (Å²) in [7, 11) is 1.64. The summed E-state index contributed by atoms with van der Waals surface area (Å²) in [5.41, 5.74) is 1.05. The van der Waals surface area contributed by atoms with Crippen molar-refractivity contribution >= 4 is 5.91 Å². The predicted octanol–water partition coefficient (Wildman–Crippen LogP) is 1.87. The number of ether oxygens (including phenoxy) is 1. The van der Waals surface area contributed by atoms with E-state index in [9.17, 15) is 4.79 Å². The van der Waals surface area contributed by atoms with Crippen molar-refractivity contribution in [2.24, 2.45) is 0 Å². The lowest BCUT2D eigenvalue weighted by molar-refractivity contribution is -0.121.